The topological polar surface area (TPSA) is 38.3 Å². The van der Waals surface area contributed by atoms with Gasteiger partial charge in [-0.25, -0.2) is 0 Å². The second kappa shape index (κ2) is 4.67. The van der Waals surface area contributed by atoms with Crippen molar-refractivity contribution in [3.8, 4) is 5.75 Å². The number of para-hydroxylation sites is 1. The van der Waals surface area contributed by atoms with Crippen molar-refractivity contribution in [1.29, 1.82) is 0 Å². The first kappa shape index (κ1) is 12.7. The summed E-state index contributed by atoms with van der Waals surface area (Å²) >= 11 is 0. The fraction of sp³-hybridized carbons (Fsp3) is 0.235. The highest BCUT2D eigenvalue weighted by Gasteiger charge is 2.46. The van der Waals surface area contributed by atoms with Gasteiger partial charge in [0, 0.05) is 5.69 Å². The summed E-state index contributed by atoms with van der Waals surface area (Å²) in [5, 5.41) is 3.00. The van der Waals surface area contributed by atoms with Gasteiger partial charge < -0.3 is 10.1 Å². The lowest BCUT2D eigenvalue weighted by molar-refractivity contribution is -0.119. The summed E-state index contributed by atoms with van der Waals surface area (Å²) in [6.45, 7) is 2.05. The largest absolute Gasteiger partial charge is 0.497 e. The molecule has 1 N–H and O–H groups in total. The van der Waals surface area contributed by atoms with Gasteiger partial charge in [0.05, 0.1) is 7.11 Å². The number of methoxy groups -OCH3 is 1. The molecule has 3 rings (SSSR count). The summed E-state index contributed by atoms with van der Waals surface area (Å²) in [5.41, 5.74) is 2.37. The fourth-order valence-corrected chi connectivity index (χ4v) is 3.03. The number of anilines is 1. The van der Waals surface area contributed by atoms with Crippen LogP contribution in [0.2, 0.25) is 0 Å². The van der Waals surface area contributed by atoms with Gasteiger partial charge in [0.2, 0.25) is 5.91 Å². The number of fused-ring (bicyclic) bond motifs is 1. The van der Waals surface area contributed by atoms with Crippen molar-refractivity contribution in [2.75, 3.05) is 12.4 Å². The van der Waals surface area contributed by atoms with E-state index in [1.807, 2.05) is 55.5 Å². The third kappa shape index (κ3) is 1.63. The van der Waals surface area contributed by atoms with Crippen LogP contribution < -0.4 is 10.1 Å². The second-order valence-corrected chi connectivity index (χ2v) is 4.99. The molecule has 1 aliphatic rings. The zero-order valence-corrected chi connectivity index (χ0v) is 11.6. The van der Waals surface area contributed by atoms with Crippen molar-refractivity contribution in [3.05, 3.63) is 59.7 Å². The highest BCUT2D eigenvalue weighted by atomic mass is 16.5. The Balaban J connectivity index is 2.18. The first-order valence-electron chi connectivity index (χ1n) is 6.78. The zero-order valence-electron chi connectivity index (χ0n) is 11.6. The van der Waals surface area contributed by atoms with Crippen molar-refractivity contribution >= 4 is 11.6 Å². The van der Waals surface area contributed by atoms with Crippen LogP contribution in [0.15, 0.2) is 48.5 Å². The van der Waals surface area contributed by atoms with Crippen LogP contribution >= 0.6 is 0 Å². The molecule has 0 bridgehead atoms. The minimum absolute atomic E-state index is 0.0476. The van der Waals surface area contributed by atoms with Crippen LogP contribution in [0.1, 0.15) is 24.5 Å². The molecule has 0 saturated carbocycles. The van der Waals surface area contributed by atoms with Crippen molar-refractivity contribution in [3.63, 3.8) is 0 Å². The number of nitrogens with one attached hydrogen (secondary N) is 1. The lowest BCUT2D eigenvalue weighted by Gasteiger charge is -2.26. The Bertz CT molecular complexity index is 648. The first-order valence-corrected chi connectivity index (χ1v) is 6.78. The number of rotatable bonds is 3. The minimum Gasteiger partial charge on any atom is -0.497 e. The summed E-state index contributed by atoms with van der Waals surface area (Å²) in [4.78, 5) is 12.6. The molecule has 0 fully saturated rings. The molecule has 2 aromatic rings. The smallest absolute Gasteiger partial charge is 0.239 e. The van der Waals surface area contributed by atoms with Gasteiger partial charge in [0.1, 0.15) is 11.2 Å². The van der Waals surface area contributed by atoms with Crippen molar-refractivity contribution in [2.24, 2.45) is 0 Å². The molecule has 102 valence electrons. The number of ether oxygens (including phenoxy) is 1. The molecule has 0 radical (unpaired) electrons. The molecule has 1 atom stereocenters. The van der Waals surface area contributed by atoms with Gasteiger partial charge in [0.25, 0.3) is 0 Å². The third-order valence-corrected chi connectivity index (χ3v) is 4.14. The molecule has 20 heavy (non-hydrogen) atoms. The lowest BCUT2D eigenvalue weighted by Crippen LogP contribution is -2.34. The van der Waals surface area contributed by atoms with Crippen LogP contribution in [0, 0.1) is 0 Å². The summed E-state index contributed by atoms with van der Waals surface area (Å²) in [6, 6.07) is 15.7. The van der Waals surface area contributed by atoms with Gasteiger partial charge in [-0.2, -0.15) is 0 Å². The molecule has 1 amide bonds. The maximum atomic E-state index is 12.6. The molecule has 0 aromatic heterocycles. The second-order valence-electron chi connectivity index (χ2n) is 4.99. The highest BCUT2D eigenvalue weighted by molar-refractivity contribution is 6.08. The van der Waals surface area contributed by atoms with Crippen molar-refractivity contribution in [2.45, 2.75) is 18.8 Å². The Labute approximate surface area is 118 Å². The summed E-state index contributed by atoms with van der Waals surface area (Å²) in [6.07, 6.45) is 0.724. The average molecular weight is 267 g/mol. The Morgan fingerprint density at radius 2 is 1.80 bits per heavy atom. The SMILES string of the molecule is CC[C@@]1(c2ccc(OC)cc2)C(=O)Nc2ccccc21. The molecule has 1 heterocycles. The Kier molecular flexibility index (Phi) is 2.97. The van der Waals surface area contributed by atoms with Gasteiger partial charge >= 0.3 is 0 Å². The number of amides is 1. The van der Waals surface area contributed by atoms with E-state index >= 15 is 0 Å². The molecule has 2 aromatic carbocycles. The van der Waals surface area contributed by atoms with E-state index in [9.17, 15) is 4.79 Å². The van der Waals surface area contributed by atoms with Crippen LogP contribution in [0.4, 0.5) is 5.69 Å². The predicted molar refractivity (Wildman–Crippen MR) is 79.1 cm³/mol. The zero-order chi connectivity index (χ0) is 14.2. The average Bonchev–Trinajstić information content (AvgIpc) is 2.79. The van der Waals surface area contributed by atoms with Gasteiger partial charge in [-0.05, 0) is 35.7 Å². The Morgan fingerprint density at radius 3 is 2.45 bits per heavy atom. The van der Waals surface area contributed by atoms with Crippen LogP contribution in [-0.2, 0) is 10.2 Å². The molecule has 0 spiro atoms. The molecule has 1 aliphatic heterocycles. The van der Waals surface area contributed by atoms with Crippen LogP contribution in [0.3, 0.4) is 0 Å². The first-order chi connectivity index (χ1) is 9.72. The van der Waals surface area contributed by atoms with Crippen molar-refractivity contribution < 1.29 is 9.53 Å². The summed E-state index contributed by atoms with van der Waals surface area (Å²) in [7, 11) is 1.64. The normalized spacial score (nSPS) is 20.4. The van der Waals surface area contributed by atoms with Gasteiger partial charge in [-0.15, -0.1) is 0 Å². The van der Waals surface area contributed by atoms with Gasteiger partial charge in [0.15, 0.2) is 0 Å². The monoisotopic (exact) mass is 267 g/mol. The number of carbonyl (C=O) groups excluding carboxylic acids is 1. The van der Waals surface area contributed by atoms with Gasteiger partial charge in [-0.1, -0.05) is 37.3 Å². The number of carbonyl (C=O) groups is 1. The van der Waals surface area contributed by atoms with Crippen LogP contribution in [0.5, 0.6) is 5.75 Å². The maximum absolute atomic E-state index is 12.6. The molecule has 0 unspecified atom stereocenters. The molecule has 3 nitrogen and oxygen atoms in total. The lowest BCUT2D eigenvalue weighted by atomic mass is 9.73. The molecule has 0 aliphatic carbocycles. The summed E-state index contributed by atoms with van der Waals surface area (Å²) in [5.74, 6) is 0.845. The predicted octanol–water partition coefficient (Wildman–Crippen LogP) is 3.34. The fourth-order valence-electron chi connectivity index (χ4n) is 3.03. The third-order valence-electron chi connectivity index (χ3n) is 4.14. The van der Waals surface area contributed by atoms with E-state index in [1.54, 1.807) is 7.11 Å². The number of hydrogen-bond donors (Lipinski definition) is 1. The van der Waals surface area contributed by atoms with E-state index < -0.39 is 5.41 Å². The van der Waals surface area contributed by atoms with E-state index in [4.69, 9.17) is 4.74 Å². The maximum Gasteiger partial charge on any atom is 0.239 e. The molecular formula is C17H17NO2. The van der Waals surface area contributed by atoms with E-state index in [2.05, 4.69) is 5.32 Å². The van der Waals surface area contributed by atoms with Crippen molar-refractivity contribution in [1.82, 2.24) is 0 Å². The standard InChI is InChI=1S/C17H17NO2/c1-3-17(12-8-10-13(20-2)11-9-12)14-6-4-5-7-15(14)18-16(17)19/h4-11H,3H2,1-2H3,(H,18,19)/t17-/m0/s1. The minimum atomic E-state index is -0.594. The molecule has 0 saturated heterocycles. The molecular weight excluding hydrogens is 250 g/mol. The van der Waals surface area contributed by atoms with Crippen LogP contribution in [0.25, 0.3) is 0 Å². The Morgan fingerprint density at radius 1 is 1.10 bits per heavy atom. The van der Waals surface area contributed by atoms with E-state index in [1.165, 1.54) is 0 Å². The molecule has 3 heteroatoms. The highest BCUT2D eigenvalue weighted by Crippen LogP contribution is 2.45. The summed E-state index contributed by atoms with van der Waals surface area (Å²) < 4.78 is 5.19. The van der Waals surface area contributed by atoms with E-state index in [-0.39, 0.29) is 5.91 Å². The Hall–Kier alpha value is -2.29. The van der Waals surface area contributed by atoms with Gasteiger partial charge in [-0.3, -0.25) is 4.79 Å². The number of hydrogen-bond acceptors (Lipinski definition) is 2. The van der Waals surface area contributed by atoms with Crippen LogP contribution in [-0.4, -0.2) is 13.0 Å². The number of benzene rings is 2. The van der Waals surface area contributed by atoms with E-state index in [0.29, 0.717) is 0 Å². The quantitative estimate of drug-likeness (QED) is 0.926. The van der Waals surface area contributed by atoms with E-state index in [0.717, 1.165) is 29.0 Å².